The first-order chi connectivity index (χ1) is 13.5. The van der Waals surface area contributed by atoms with Gasteiger partial charge in [-0.2, -0.15) is 4.72 Å². The largest absolute Gasteiger partial charge is 0.494 e. The van der Waals surface area contributed by atoms with Gasteiger partial charge in [0.1, 0.15) is 11.8 Å². The van der Waals surface area contributed by atoms with Crippen LogP contribution in [0.1, 0.15) is 18.9 Å². The molecule has 0 fully saturated rings. The SMILES string of the molecule is CCOc1ccc(S(=O)(=O)NC(Cc2ccccc2)C(=O)NCCCO)cc1. The molecular formula is C20H26N2O5S. The van der Waals surface area contributed by atoms with Gasteiger partial charge in [-0.05, 0) is 49.6 Å². The van der Waals surface area contributed by atoms with Crippen LogP contribution in [0.4, 0.5) is 0 Å². The minimum Gasteiger partial charge on any atom is -0.494 e. The first-order valence-electron chi connectivity index (χ1n) is 9.14. The summed E-state index contributed by atoms with van der Waals surface area (Å²) in [6.07, 6.45) is 0.609. The van der Waals surface area contributed by atoms with Crippen molar-refractivity contribution in [2.24, 2.45) is 0 Å². The van der Waals surface area contributed by atoms with Gasteiger partial charge in [-0.25, -0.2) is 8.42 Å². The van der Waals surface area contributed by atoms with Gasteiger partial charge in [-0.15, -0.1) is 0 Å². The van der Waals surface area contributed by atoms with Crippen molar-refractivity contribution in [3.63, 3.8) is 0 Å². The molecule has 0 saturated carbocycles. The summed E-state index contributed by atoms with van der Waals surface area (Å²) in [5, 5.41) is 11.5. The first-order valence-corrected chi connectivity index (χ1v) is 10.6. The topological polar surface area (TPSA) is 105 Å². The van der Waals surface area contributed by atoms with Gasteiger partial charge in [-0.1, -0.05) is 30.3 Å². The Labute approximate surface area is 165 Å². The third-order valence-electron chi connectivity index (χ3n) is 3.98. The van der Waals surface area contributed by atoms with Gasteiger partial charge in [0.25, 0.3) is 0 Å². The average Bonchev–Trinajstić information content (AvgIpc) is 2.69. The first kappa shape index (κ1) is 21.9. The van der Waals surface area contributed by atoms with E-state index >= 15 is 0 Å². The second kappa shape index (κ2) is 10.8. The second-order valence-electron chi connectivity index (χ2n) is 6.14. The van der Waals surface area contributed by atoms with E-state index in [1.54, 1.807) is 12.1 Å². The van der Waals surface area contributed by atoms with E-state index in [0.29, 0.717) is 18.8 Å². The molecule has 0 aromatic heterocycles. The Morgan fingerprint density at radius 1 is 1.11 bits per heavy atom. The molecule has 1 atom stereocenters. The highest BCUT2D eigenvalue weighted by molar-refractivity contribution is 7.89. The van der Waals surface area contributed by atoms with Gasteiger partial charge in [-0.3, -0.25) is 4.79 Å². The number of carbonyl (C=O) groups excluding carboxylic acids is 1. The lowest BCUT2D eigenvalue weighted by Crippen LogP contribution is -2.48. The van der Waals surface area contributed by atoms with Crippen LogP contribution in [0.3, 0.4) is 0 Å². The molecule has 0 aliphatic rings. The van der Waals surface area contributed by atoms with E-state index in [0.717, 1.165) is 5.56 Å². The molecule has 2 rings (SSSR count). The van der Waals surface area contributed by atoms with Crippen molar-refractivity contribution < 1.29 is 23.1 Å². The zero-order valence-electron chi connectivity index (χ0n) is 15.8. The fourth-order valence-electron chi connectivity index (χ4n) is 2.59. The highest BCUT2D eigenvalue weighted by Crippen LogP contribution is 2.17. The molecule has 28 heavy (non-hydrogen) atoms. The number of ether oxygens (including phenoxy) is 1. The standard InChI is InChI=1S/C20H26N2O5S/c1-2-27-17-9-11-18(12-10-17)28(25,26)22-19(20(24)21-13-6-14-23)15-16-7-4-3-5-8-16/h3-5,7-12,19,22-23H,2,6,13-15H2,1H3,(H,21,24). The van der Waals surface area contributed by atoms with Crippen molar-refractivity contribution in [2.45, 2.75) is 30.7 Å². The molecule has 0 aliphatic carbocycles. The zero-order valence-corrected chi connectivity index (χ0v) is 16.6. The van der Waals surface area contributed by atoms with Crippen LogP contribution in [0, 0.1) is 0 Å². The molecule has 152 valence electrons. The van der Waals surface area contributed by atoms with Crippen molar-refractivity contribution in [3.05, 3.63) is 60.2 Å². The summed E-state index contributed by atoms with van der Waals surface area (Å²) in [5.74, 6) is 0.135. The Morgan fingerprint density at radius 2 is 1.79 bits per heavy atom. The molecule has 8 heteroatoms. The number of aliphatic hydroxyl groups is 1. The fraction of sp³-hybridized carbons (Fsp3) is 0.350. The molecule has 0 heterocycles. The predicted octanol–water partition coefficient (Wildman–Crippen LogP) is 1.47. The number of amides is 1. The van der Waals surface area contributed by atoms with Crippen LogP contribution in [0.15, 0.2) is 59.5 Å². The number of hydrogen-bond donors (Lipinski definition) is 3. The molecule has 7 nitrogen and oxygen atoms in total. The third-order valence-corrected chi connectivity index (χ3v) is 5.46. The predicted molar refractivity (Wildman–Crippen MR) is 107 cm³/mol. The summed E-state index contributed by atoms with van der Waals surface area (Å²) in [6, 6.07) is 14.2. The molecule has 1 unspecified atom stereocenters. The van der Waals surface area contributed by atoms with E-state index in [1.807, 2.05) is 37.3 Å². The maximum absolute atomic E-state index is 12.8. The summed E-state index contributed by atoms with van der Waals surface area (Å²) in [5.41, 5.74) is 0.833. The fourth-order valence-corrected chi connectivity index (χ4v) is 3.78. The molecule has 0 radical (unpaired) electrons. The molecular weight excluding hydrogens is 380 g/mol. The van der Waals surface area contributed by atoms with Gasteiger partial charge in [0, 0.05) is 13.2 Å². The number of nitrogens with one attached hydrogen (secondary N) is 2. The summed E-state index contributed by atoms with van der Waals surface area (Å²) >= 11 is 0. The van der Waals surface area contributed by atoms with Crippen molar-refractivity contribution in [3.8, 4) is 5.75 Å². The normalized spacial score (nSPS) is 12.4. The van der Waals surface area contributed by atoms with Gasteiger partial charge < -0.3 is 15.2 Å². The van der Waals surface area contributed by atoms with Crippen LogP contribution in [0.5, 0.6) is 5.75 Å². The minimum absolute atomic E-state index is 0.0529. The maximum atomic E-state index is 12.8. The van der Waals surface area contributed by atoms with E-state index in [4.69, 9.17) is 9.84 Å². The Hall–Kier alpha value is -2.42. The van der Waals surface area contributed by atoms with Crippen LogP contribution in [-0.4, -0.2) is 45.2 Å². The average molecular weight is 407 g/mol. The number of sulfonamides is 1. The monoisotopic (exact) mass is 406 g/mol. The van der Waals surface area contributed by atoms with Gasteiger partial charge >= 0.3 is 0 Å². The Morgan fingerprint density at radius 3 is 2.39 bits per heavy atom. The lowest BCUT2D eigenvalue weighted by molar-refractivity contribution is -0.122. The second-order valence-corrected chi connectivity index (χ2v) is 7.85. The Balaban J connectivity index is 2.17. The van der Waals surface area contributed by atoms with Crippen LogP contribution in [0.2, 0.25) is 0 Å². The summed E-state index contributed by atoms with van der Waals surface area (Å²) in [7, 11) is -3.90. The van der Waals surface area contributed by atoms with Gasteiger partial charge in [0.2, 0.25) is 15.9 Å². The molecule has 0 aliphatic heterocycles. The minimum atomic E-state index is -3.90. The van der Waals surface area contributed by atoms with E-state index in [-0.39, 0.29) is 24.5 Å². The van der Waals surface area contributed by atoms with Crippen LogP contribution < -0.4 is 14.8 Å². The molecule has 0 saturated heterocycles. The van der Waals surface area contributed by atoms with Crippen molar-refractivity contribution in [2.75, 3.05) is 19.8 Å². The number of carbonyl (C=O) groups is 1. The number of hydrogen-bond acceptors (Lipinski definition) is 5. The van der Waals surface area contributed by atoms with Crippen molar-refractivity contribution >= 4 is 15.9 Å². The molecule has 2 aromatic rings. The highest BCUT2D eigenvalue weighted by Gasteiger charge is 2.26. The molecule has 0 spiro atoms. The summed E-state index contributed by atoms with van der Waals surface area (Å²) in [6.45, 7) is 2.54. The lowest BCUT2D eigenvalue weighted by Gasteiger charge is -2.19. The molecule has 2 aromatic carbocycles. The maximum Gasteiger partial charge on any atom is 0.241 e. The van der Waals surface area contributed by atoms with E-state index in [2.05, 4.69) is 10.0 Å². The van der Waals surface area contributed by atoms with Gasteiger partial charge in [0.15, 0.2) is 0 Å². The van der Waals surface area contributed by atoms with E-state index in [9.17, 15) is 13.2 Å². The lowest BCUT2D eigenvalue weighted by atomic mass is 10.1. The highest BCUT2D eigenvalue weighted by atomic mass is 32.2. The number of aliphatic hydroxyl groups excluding tert-OH is 1. The third kappa shape index (κ3) is 6.63. The van der Waals surface area contributed by atoms with E-state index in [1.165, 1.54) is 12.1 Å². The Bertz CT molecular complexity index is 839. The smallest absolute Gasteiger partial charge is 0.241 e. The summed E-state index contributed by atoms with van der Waals surface area (Å²) < 4.78 is 33.3. The van der Waals surface area contributed by atoms with E-state index < -0.39 is 22.0 Å². The Kier molecular flexibility index (Phi) is 8.43. The van der Waals surface area contributed by atoms with Gasteiger partial charge in [0.05, 0.1) is 11.5 Å². The van der Waals surface area contributed by atoms with Crippen LogP contribution in [0.25, 0.3) is 0 Å². The van der Waals surface area contributed by atoms with Crippen molar-refractivity contribution in [1.29, 1.82) is 0 Å². The molecule has 3 N–H and O–H groups in total. The summed E-state index contributed by atoms with van der Waals surface area (Å²) in [4.78, 5) is 12.6. The van der Waals surface area contributed by atoms with Crippen molar-refractivity contribution in [1.82, 2.24) is 10.0 Å². The quantitative estimate of drug-likeness (QED) is 0.490. The molecule has 1 amide bonds. The molecule has 0 bridgehead atoms. The van der Waals surface area contributed by atoms with Crippen LogP contribution in [-0.2, 0) is 21.2 Å². The number of benzene rings is 2. The number of rotatable bonds is 11. The zero-order chi connectivity index (χ0) is 20.4. The van der Waals surface area contributed by atoms with Crippen LogP contribution >= 0.6 is 0 Å².